The van der Waals surface area contributed by atoms with E-state index in [0.717, 1.165) is 13.0 Å². The third kappa shape index (κ3) is 2.75. The molecule has 2 aromatic carbocycles. The Labute approximate surface area is 119 Å². The van der Waals surface area contributed by atoms with Gasteiger partial charge in [0, 0.05) is 24.3 Å². The smallest absolute Gasteiger partial charge is 0.0486 e. The highest BCUT2D eigenvalue weighted by Gasteiger charge is 2.04. The first-order chi connectivity index (χ1) is 9.72. The minimum absolute atomic E-state index is 0.199. The molecule has 0 fully saturated rings. The molecule has 2 heteroatoms. The molecule has 0 radical (unpaired) electrons. The van der Waals surface area contributed by atoms with Crippen LogP contribution < -0.4 is 5.73 Å². The van der Waals surface area contributed by atoms with Crippen molar-refractivity contribution in [3.63, 3.8) is 0 Å². The quantitative estimate of drug-likeness (QED) is 0.767. The van der Waals surface area contributed by atoms with Crippen LogP contribution in [0.5, 0.6) is 0 Å². The molecular formula is C18H20N2. The van der Waals surface area contributed by atoms with Crippen LogP contribution in [0.1, 0.15) is 18.1 Å². The maximum absolute atomic E-state index is 5.90. The van der Waals surface area contributed by atoms with Crippen molar-refractivity contribution in [3.05, 3.63) is 71.9 Å². The van der Waals surface area contributed by atoms with E-state index in [1.165, 1.54) is 22.0 Å². The predicted octanol–water partition coefficient (Wildman–Crippen LogP) is 3.58. The molecule has 3 rings (SSSR count). The molecule has 0 bridgehead atoms. The van der Waals surface area contributed by atoms with Crippen LogP contribution in [0.25, 0.3) is 10.9 Å². The van der Waals surface area contributed by atoms with Crippen LogP contribution in [0.15, 0.2) is 60.8 Å². The minimum Gasteiger partial charge on any atom is -0.343 e. The van der Waals surface area contributed by atoms with Crippen molar-refractivity contribution in [3.8, 4) is 0 Å². The Morgan fingerprint density at radius 3 is 2.55 bits per heavy atom. The van der Waals surface area contributed by atoms with Gasteiger partial charge in [-0.1, -0.05) is 42.5 Å². The number of benzene rings is 2. The highest BCUT2D eigenvalue weighted by molar-refractivity contribution is 5.81. The van der Waals surface area contributed by atoms with Crippen LogP contribution in [-0.4, -0.2) is 10.6 Å². The van der Waals surface area contributed by atoms with Crippen molar-refractivity contribution in [1.29, 1.82) is 0 Å². The summed E-state index contributed by atoms with van der Waals surface area (Å²) < 4.78 is 2.30. The molecule has 0 aliphatic heterocycles. The van der Waals surface area contributed by atoms with E-state index in [0.29, 0.717) is 0 Å². The number of rotatable bonds is 4. The maximum atomic E-state index is 5.90. The Hall–Kier alpha value is -2.06. The van der Waals surface area contributed by atoms with E-state index < -0.39 is 0 Å². The Bertz CT molecular complexity index is 696. The lowest BCUT2D eigenvalue weighted by Gasteiger charge is -2.09. The molecular weight excluding hydrogens is 244 g/mol. The number of fused-ring (bicyclic) bond motifs is 1. The van der Waals surface area contributed by atoms with E-state index in [1.807, 2.05) is 6.92 Å². The lowest BCUT2D eigenvalue weighted by Crippen LogP contribution is -2.17. The fourth-order valence-corrected chi connectivity index (χ4v) is 2.65. The van der Waals surface area contributed by atoms with E-state index in [1.54, 1.807) is 0 Å². The highest BCUT2D eigenvalue weighted by atomic mass is 14.9. The molecule has 2 nitrogen and oxygen atoms in total. The van der Waals surface area contributed by atoms with E-state index >= 15 is 0 Å². The highest BCUT2D eigenvalue weighted by Crippen LogP contribution is 2.19. The van der Waals surface area contributed by atoms with Gasteiger partial charge in [0.25, 0.3) is 0 Å². The number of hydrogen-bond donors (Lipinski definition) is 1. The van der Waals surface area contributed by atoms with Crippen LogP contribution in [0.4, 0.5) is 0 Å². The second-order valence-corrected chi connectivity index (χ2v) is 5.50. The van der Waals surface area contributed by atoms with Gasteiger partial charge in [0.05, 0.1) is 0 Å². The monoisotopic (exact) mass is 264 g/mol. The summed E-state index contributed by atoms with van der Waals surface area (Å²) in [5.41, 5.74) is 9.81. The molecule has 2 N–H and O–H groups in total. The summed E-state index contributed by atoms with van der Waals surface area (Å²) in [6.07, 6.45) is 3.08. The van der Waals surface area contributed by atoms with Crippen molar-refractivity contribution in [2.45, 2.75) is 25.9 Å². The number of nitrogens with two attached hydrogens (primary N) is 1. The zero-order valence-electron chi connectivity index (χ0n) is 11.8. The Kier molecular flexibility index (Phi) is 3.57. The van der Waals surface area contributed by atoms with Gasteiger partial charge in [-0.25, -0.2) is 0 Å². The van der Waals surface area contributed by atoms with Gasteiger partial charge in [0.1, 0.15) is 0 Å². The molecule has 0 aliphatic rings. The van der Waals surface area contributed by atoms with Crippen LogP contribution in [0.3, 0.4) is 0 Å². The summed E-state index contributed by atoms with van der Waals surface area (Å²) in [7, 11) is 0. The van der Waals surface area contributed by atoms with Crippen molar-refractivity contribution >= 4 is 10.9 Å². The first-order valence-electron chi connectivity index (χ1n) is 7.09. The zero-order chi connectivity index (χ0) is 13.9. The molecule has 102 valence electrons. The fourth-order valence-electron chi connectivity index (χ4n) is 2.65. The van der Waals surface area contributed by atoms with Gasteiger partial charge in [-0.2, -0.15) is 0 Å². The Morgan fingerprint density at radius 1 is 1.00 bits per heavy atom. The van der Waals surface area contributed by atoms with Crippen LogP contribution >= 0.6 is 0 Å². The standard InChI is InChI=1S/C18H20N2/c1-14(19)11-16-7-8-17-9-10-20(18(17)12-16)13-15-5-3-2-4-6-15/h2-10,12,14H,11,13,19H2,1H3. The van der Waals surface area contributed by atoms with E-state index in [4.69, 9.17) is 5.73 Å². The van der Waals surface area contributed by atoms with Gasteiger partial charge in [-0.05, 0) is 42.0 Å². The van der Waals surface area contributed by atoms with E-state index in [9.17, 15) is 0 Å². The lowest BCUT2D eigenvalue weighted by atomic mass is 10.1. The van der Waals surface area contributed by atoms with Gasteiger partial charge in [-0.3, -0.25) is 0 Å². The van der Waals surface area contributed by atoms with E-state index in [-0.39, 0.29) is 6.04 Å². The molecule has 3 aromatic rings. The number of nitrogens with zero attached hydrogens (tertiary/aromatic N) is 1. The molecule has 1 aromatic heterocycles. The van der Waals surface area contributed by atoms with Crippen LogP contribution in [-0.2, 0) is 13.0 Å². The normalized spacial score (nSPS) is 12.7. The molecule has 1 unspecified atom stereocenters. The maximum Gasteiger partial charge on any atom is 0.0486 e. The van der Waals surface area contributed by atoms with Crippen molar-refractivity contribution < 1.29 is 0 Å². The molecule has 20 heavy (non-hydrogen) atoms. The second kappa shape index (κ2) is 5.51. The fraction of sp³-hybridized carbons (Fsp3) is 0.222. The first kappa shape index (κ1) is 12.9. The lowest BCUT2D eigenvalue weighted by molar-refractivity contribution is 0.738. The van der Waals surface area contributed by atoms with Crippen molar-refractivity contribution in [2.75, 3.05) is 0 Å². The molecule has 0 aliphatic carbocycles. The second-order valence-electron chi connectivity index (χ2n) is 5.50. The first-order valence-corrected chi connectivity index (χ1v) is 7.09. The molecule has 0 saturated carbocycles. The number of aromatic nitrogens is 1. The summed E-state index contributed by atoms with van der Waals surface area (Å²) in [6, 6.07) is 19.6. The Morgan fingerprint density at radius 2 is 1.80 bits per heavy atom. The average molecular weight is 264 g/mol. The molecule has 0 amide bonds. The SMILES string of the molecule is CC(N)Cc1ccc2ccn(Cc3ccccc3)c2c1. The van der Waals surface area contributed by atoms with Crippen molar-refractivity contribution in [1.82, 2.24) is 4.57 Å². The van der Waals surface area contributed by atoms with E-state index in [2.05, 4.69) is 65.4 Å². The summed E-state index contributed by atoms with van der Waals surface area (Å²) >= 11 is 0. The third-order valence-electron chi connectivity index (χ3n) is 3.59. The van der Waals surface area contributed by atoms with Crippen molar-refractivity contribution in [2.24, 2.45) is 5.73 Å². The average Bonchev–Trinajstić information content (AvgIpc) is 2.82. The van der Waals surface area contributed by atoms with Gasteiger partial charge in [0.15, 0.2) is 0 Å². The van der Waals surface area contributed by atoms with Gasteiger partial charge in [-0.15, -0.1) is 0 Å². The van der Waals surface area contributed by atoms with Crippen LogP contribution in [0.2, 0.25) is 0 Å². The molecule has 1 heterocycles. The molecule has 0 saturated heterocycles. The summed E-state index contributed by atoms with van der Waals surface area (Å²) in [6.45, 7) is 2.96. The summed E-state index contributed by atoms with van der Waals surface area (Å²) in [5.74, 6) is 0. The number of hydrogen-bond acceptors (Lipinski definition) is 1. The van der Waals surface area contributed by atoms with Crippen LogP contribution in [0, 0.1) is 0 Å². The largest absolute Gasteiger partial charge is 0.343 e. The van der Waals surface area contributed by atoms with Gasteiger partial charge >= 0.3 is 0 Å². The summed E-state index contributed by atoms with van der Waals surface area (Å²) in [5, 5.41) is 1.29. The van der Waals surface area contributed by atoms with Gasteiger partial charge < -0.3 is 10.3 Å². The third-order valence-corrected chi connectivity index (χ3v) is 3.59. The topological polar surface area (TPSA) is 30.9 Å². The Balaban J connectivity index is 1.94. The molecule has 0 spiro atoms. The molecule has 1 atom stereocenters. The summed E-state index contributed by atoms with van der Waals surface area (Å²) in [4.78, 5) is 0. The zero-order valence-corrected chi connectivity index (χ0v) is 11.8. The predicted molar refractivity (Wildman–Crippen MR) is 84.8 cm³/mol. The van der Waals surface area contributed by atoms with Gasteiger partial charge in [0.2, 0.25) is 0 Å². The minimum atomic E-state index is 0.199.